The van der Waals surface area contributed by atoms with E-state index in [-0.39, 0.29) is 18.2 Å². The van der Waals surface area contributed by atoms with Crippen LogP contribution in [0.3, 0.4) is 0 Å². The summed E-state index contributed by atoms with van der Waals surface area (Å²) < 4.78 is 11.0. The maximum absolute atomic E-state index is 12.4. The van der Waals surface area contributed by atoms with Crippen molar-refractivity contribution >= 4 is 11.9 Å². The summed E-state index contributed by atoms with van der Waals surface area (Å²) in [5, 5.41) is 8.82. The maximum atomic E-state index is 12.4. The fraction of sp³-hybridized carbons (Fsp3) is 0.529. The first kappa shape index (κ1) is 17.3. The predicted molar refractivity (Wildman–Crippen MR) is 84.3 cm³/mol. The Bertz CT molecular complexity index is 519. The van der Waals surface area contributed by atoms with Crippen LogP contribution in [0.1, 0.15) is 19.8 Å². The van der Waals surface area contributed by atoms with Crippen molar-refractivity contribution < 1.29 is 24.2 Å². The third-order valence-corrected chi connectivity index (χ3v) is 3.84. The largest absolute Gasteiger partial charge is 0.494 e. The molecular formula is C17H23NO5. The van der Waals surface area contributed by atoms with Gasteiger partial charge >= 0.3 is 5.97 Å². The summed E-state index contributed by atoms with van der Waals surface area (Å²) in [6.45, 7) is 3.59. The van der Waals surface area contributed by atoms with Crippen LogP contribution < -0.4 is 4.74 Å². The summed E-state index contributed by atoms with van der Waals surface area (Å²) >= 11 is 0. The highest BCUT2D eigenvalue weighted by atomic mass is 16.5. The molecule has 23 heavy (non-hydrogen) atoms. The van der Waals surface area contributed by atoms with E-state index < -0.39 is 12.1 Å². The second-order valence-corrected chi connectivity index (χ2v) is 5.73. The third-order valence-electron chi connectivity index (χ3n) is 3.84. The first-order valence-electron chi connectivity index (χ1n) is 7.86. The van der Waals surface area contributed by atoms with Crippen molar-refractivity contribution in [3.63, 3.8) is 0 Å². The van der Waals surface area contributed by atoms with Gasteiger partial charge in [0.15, 0.2) is 0 Å². The molecule has 2 rings (SSSR count). The molecule has 1 aromatic carbocycles. The van der Waals surface area contributed by atoms with Gasteiger partial charge in [-0.3, -0.25) is 9.59 Å². The predicted octanol–water partition coefficient (Wildman–Crippen LogP) is 1.79. The van der Waals surface area contributed by atoms with E-state index in [0.29, 0.717) is 32.7 Å². The molecule has 0 radical (unpaired) electrons. The minimum Gasteiger partial charge on any atom is -0.494 e. The van der Waals surface area contributed by atoms with Crippen molar-refractivity contribution in [3.8, 4) is 5.75 Å². The van der Waals surface area contributed by atoms with Crippen LogP contribution >= 0.6 is 0 Å². The fourth-order valence-corrected chi connectivity index (χ4v) is 2.54. The molecule has 0 aromatic heterocycles. The number of rotatable bonds is 7. The molecule has 0 aliphatic carbocycles. The lowest BCUT2D eigenvalue weighted by Crippen LogP contribution is -2.48. The molecule has 1 heterocycles. The Morgan fingerprint density at radius 3 is 2.83 bits per heavy atom. The van der Waals surface area contributed by atoms with E-state index in [1.54, 1.807) is 4.90 Å². The van der Waals surface area contributed by atoms with Gasteiger partial charge in [-0.2, -0.15) is 0 Å². The number of nitrogens with zero attached hydrogens (tertiary/aromatic N) is 1. The maximum Gasteiger partial charge on any atom is 0.306 e. The molecule has 6 nitrogen and oxygen atoms in total. The molecule has 1 fully saturated rings. The number of benzene rings is 1. The molecule has 2 atom stereocenters. The zero-order valence-electron chi connectivity index (χ0n) is 13.3. The molecular weight excluding hydrogens is 298 g/mol. The number of ether oxygens (including phenoxy) is 2. The van der Waals surface area contributed by atoms with Gasteiger partial charge in [0.1, 0.15) is 5.75 Å². The average Bonchev–Trinajstić information content (AvgIpc) is 2.54. The van der Waals surface area contributed by atoms with Crippen LogP contribution in [0.2, 0.25) is 0 Å². The molecule has 0 bridgehead atoms. The smallest absolute Gasteiger partial charge is 0.306 e. The van der Waals surface area contributed by atoms with E-state index >= 15 is 0 Å². The SMILES string of the molecule is C[C@@H](CCOc1ccccc1)C(=O)N1CCO[C@@H](CC(=O)O)C1. The summed E-state index contributed by atoms with van der Waals surface area (Å²) in [4.78, 5) is 24.9. The number of amides is 1. The molecule has 1 saturated heterocycles. The lowest BCUT2D eigenvalue weighted by molar-refractivity contribution is -0.149. The van der Waals surface area contributed by atoms with Gasteiger partial charge in [0.05, 0.1) is 25.7 Å². The van der Waals surface area contributed by atoms with E-state index in [4.69, 9.17) is 14.6 Å². The molecule has 1 N–H and O–H groups in total. The van der Waals surface area contributed by atoms with Crippen molar-refractivity contribution in [1.29, 1.82) is 0 Å². The van der Waals surface area contributed by atoms with Crippen molar-refractivity contribution in [2.45, 2.75) is 25.9 Å². The number of hydrogen-bond acceptors (Lipinski definition) is 4. The lowest BCUT2D eigenvalue weighted by Gasteiger charge is -2.34. The number of hydrogen-bond donors (Lipinski definition) is 1. The highest BCUT2D eigenvalue weighted by molar-refractivity contribution is 5.78. The van der Waals surface area contributed by atoms with Crippen LogP contribution in [0.25, 0.3) is 0 Å². The Balaban J connectivity index is 1.76. The quantitative estimate of drug-likeness (QED) is 0.828. The number of para-hydroxylation sites is 1. The number of carbonyl (C=O) groups excluding carboxylic acids is 1. The van der Waals surface area contributed by atoms with Crippen LogP contribution in [0.5, 0.6) is 5.75 Å². The molecule has 1 aliphatic rings. The van der Waals surface area contributed by atoms with Gasteiger partial charge in [0.2, 0.25) is 5.91 Å². The second kappa shape index (κ2) is 8.53. The van der Waals surface area contributed by atoms with Crippen LogP contribution in [0, 0.1) is 5.92 Å². The molecule has 0 unspecified atom stereocenters. The van der Waals surface area contributed by atoms with Gasteiger partial charge < -0.3 is 19.5 Å². The molecule has 126 valence electrons. The van der Waals surface area contributed by atoms with E-state index in [0.717, 1.165) is 5.75 Å². The lowest BCUT2D eigenvalue weighted by atomic mass is 10.1. The molecule has 1 aromatic rings. The van der Waals surface area contributed by atoms with Crippen LogP contribution in [0.4, 0.5) is 0 Å². The van der Waals surface area contributed by atoms with Crippen molar-refractivity contribution in [2.75, 3.05) is 26.3 Å². The number of morpholine rings is 1. The summed E-state index contributed by atoms with van der Waals surface area (Å²) in [5.41, 5.74) is 0. The minimum atomic E-state index is -0.909. The fourth-order valence-electron chi connectivity index (χ4n) is 2.54. The number of carboxylic acids is 1. The summed E-state index contributed by atoms with van der Waals surface area (Å²) in [7, 11) is 0. The summed E-state index contributed by atoms with van der Waals surface area (Å²) in [6.07, 6.45) is 0.127. The monoisotopic (exact) mass is 321 g/mol. The van der Waals surface area contributed by atoms with Crippen LogP contribution in [-0.4, -0.2) is 54.3 Å². The minimum absolute atomic E-state index is 0.0281. The van der Waals surface area contributed by atoms with Gasteiger partial charge in [-0.15, -0.1) is 0 Å². The zero-order chi connectivity index (χ0) is 16.7. The number of carbonyl (C=O) groups is 2. The van der Waals surface area contributed by atoms with E-state index in [1.807, 2.05) is 37.3 Å². The zero-order valence-corrected chi connectivity index (χ0v) is 13.3. The van der Waals surface area contributed by atoms with Gasteiger partial charge in [-0.05, 0) is 18.6 Å². The Labute approximate surface area is 136 Å². The van der Waals surface area contributed by atoms with Crippen molar-refractivity contribution in [2.24, 2.45) is 5.92 Å². The van der Waals surface area contributed by atoms with Crippen LogP contribution in [0.15, 0.2) is 30.3 Å². The Hall–Kier alpha value is -2.08. The standard InChI is InChI=1S/C17H23NO5/c1-13(7-9-22-14-5-3-2-4-6-14)17(21)18-8-10-23-15(12-18)11-16(19)20/h2-6,13,15H,7-12H2,1H3,(H,19,20)/t13-,15-/m0/s1. The molecule has 0 saturated carbocycles. The summed E-state index contributed by atoms with van der Waals surface area (Å²) in [6, 6.07) is 9.49. The summed E-state index contributed by atoms with van der Waals surface area (Å²) in [5.74, 6) is -0.253. The van der Waals surface area contributed by atoms with Crippen molar-refractivity contribution in [3.05, 3.63) is 30.3 Å². The number of carboxylic acid groups (broad SMARTS) is 1. The van der Waals surface area contributed by atoms with E-state index in [1.165, 1.54) is 0 Å². The normalized spacial score (nSPS) is 19.2. The third kappa shape index (κ3) is 5.56. The van der Waals surface area contributed by atoms with Gasteiger partial charge in [0.25, 0.3) is 0 Å². The molecule has 1 amide bonds. The highest BCUT2D eigenvalue weighted by Crippen LogP contribution is 2.15. The first-order valence-corrected chi connectivity index (χ1v) is 7.86. The second-order valence-electron chi connectivity index (χ2n) is 5.73. The Morgan fingerprint density at radius 2 is 2.13 bits per heavy atom. The topological polar surface area (TPSA) is 76.1 Å². The Morgan fingerprint density at radius 1 is 1.39 bits per heavy atom. The molecule has 6 heteroatoms. The molecule has 0 spiro atoms. The Kier molecular flexibility index (Phi) is 6.40. The average molecular weight is 321 g/mol. The van der Waals surface area contributed by atoms with E-state index in [2.05, 4.69) is 0 Å². The number of aliphatic carboxylic acids is 1. The van der Waals surface area contributed by atoms with E-state index in [9.17, 15) is 9.59 Å². The van der Waals surface area contributed by atoms with Crippen LogP contribution in [-0.2, 0) is 14.3 Å². The van der Waals surface area contributed by atoms with Crippen molar-refractivity contribution in [1.82, 2.24) is 4.90 Å². The molecule has 1 aliphatic heterocycles. The van der Waals surface area contributed by atoms with Gasteiger partial charge in [-0.1, -0.05) is 25.1 Å². The highest BCUT2D eigenvalue weighted by Gasteiger charge is 2.28. The van der Waals surface area contributed by atoms with Gasteiger partial charge in [-0.25, -0.2) is 0 Å². The first-order chi connectivity index (χ1) is 11.1. The van der Waals surface area contributed by atoms with Gasteiger partial charge in [0, 0.05) is 19.0 Å².